The standard InChI is InChI=1S/C12H10FNO4/c13-6-2-1-3-14-10(6)9(11(15)7-4-17-7)12(16)8-5-18-8/h1-3,7-9H,4-5H2. The maximum absolute atomic E-state index is 13.7. The second kappa shape index (κ2) is 4.22. The molecule has 18 heavy (non-hydrogen) atoms. The molecule has 3 rings (SSSR count). The van der Waals surface area contributed by atoms with Crippen LogP contribution in [-0.2, 0) is 19.1 Å². The third kappa shape index (κ3) is 2.04. The van der Waals surface area contributed by atoms with Crippen LogP contribution in [-0.4, -0.2) is 42.0 Å². The topological polar surface area (TPSA) is 72.1 Å². The van der Waals surface area contributed by atoms with Crippen molar-refractivity contribution in [3.8, 4) is 0 Å². The molecular weight excluding hydrogens is 241 g/mol. The van der Waals surface area contributed by atoms with Crippen molar-refractivity contribution >= 4 is 11.6 Å². The van der Waals surface area contributed by atoms with Crippen LogP contribution in [0.2, 0.25) is 0 Å². The zero-order valence-electron chi connectivity index (χ0n) is 9.34. The van der Waals surface area contributed by atoms with Crippen molar-refractivity contribution in [3.63, 3.8) is 0 Å². The number of ketones is 2. The quantitative estimate of drug-likeness (QED) is 0.553. The van der Waals surface area contributed by atoms with E-state index in [-0.39, 0.29) is 18.9 Å². The molecule has 2 saturated heterocycles. The zero-order valence-corrected chi connectivity index (χ0v) is 9.34. The van der Waals surface area contributed by atoms with E-state index < -0.39 is 35.5 Å². The van der Waals surface area contributed by atoms with Crippen LogP contribution in [0.25, 0.3) is 0 Å². The van der Waals surface area contributed by atoms with Crippen molar-refractivity contribution in [1.29, 1.82) is 0 Å². The van der Waals surface area contributed by atoms with Crippen LogP contribution in [0.1, 0.15) is 11.6 Å². The molecule has 0 saturated carbocycles. The second-order valence-electron chi connectivity index (χ2n) is 4.25. The predicted octanol–water partition coefficient (Wildman–Crippen LogP) is 0.240. The Balaban J connectivity index is 1.95. The number of nitrogens with zero attached hydrogens (tertiary/aromatic N) is 1. The molecule has 1 aromatic rings. The van der Waals surface area contributed by atoms with Gasteiger partial charge in [-0.05, 0) is 12.1 Å². The molecule has 0 aliphatic carbocycles. The van der Waals surface area contributed by atoms with Gasteiger partial charge in [0.2, 0.25) is 0 Å². The second-order valence-corrected chi connectivity index (χ2v) is 4.25. The van der Waals surface area contributed by atoms with Gasteiger partial charge in [0.15, 0.2) is 11.6 Å². The molecule has 0 radical (unpaired) electrons. The van der Waals surface area contributed by atoms with Crippen LogP contribution >= 0.6 is 0 Å². The van der Waals surface area contributed by atoms with Crippen molar-refractivity contribution in [2.45, 2.75) is 18.1 Å². The molecule has 3 heterocycles. The summed E-state index contributed by atoms with van der Waals surface area (Å²) in [6.45, 7) is 0.561. The first-order valence-corrected chi connectivity index (χ1v) is 5.59. The fraction of sp³-hybridized carbons (Fsp3) is 0.417. The number of hydrogen-bond acceptors (Lipinski definition) is 5. The maximum atomic E-state index is 13.7. The van der Waals surface area contributed by atoms with E-state index >= 15 is 0 Å². The van der Waals surface area contributed by atoms with E-state index in [0.29, 0.717) is 0 Å². The van der Waals surface area contributed by atoms with Gasteiger partial charge < -0.3 is 9.47 Å². The number of Topliss-reactive ketones (excluding diaryl/α,β-unsaturated/α-hetero) is 2. The fourth-order valence-corrected chi connectivity index (χ4v) is 1.82. The number of aromatic nitrogens is 1. The first-order chi connectivity index (χ1) is 8.68. The number of carbonyl (C=O) groups excluding carboxylic acids is 2. The number of carbonyl (C=O) groups is 2. The Morgan fingerprint density at radius 1 is 1.28 bits per heavy atom. The van der Waals surface area contributed by atoms with E-state index in [4.69, 9.17) is 9.47 Å². The summed E-state index contributed by atoms with van der Waals surface area (Å²) in [6, 6.07) is 2.59. The van der Waals surface area contributed by atoms with Crippen molar-refractivity contribution in [3.05, 3.63) is 29.8 Å². The molecular formula is C12H10FNO4. The largest absolute Gasteiger partial charge is 0.365 e. The minimum atomic E-state index is -1.22. The third-order valence-corrected chi connectivity index (χ3v) is 2.93. The molecule has 0 amide bonds. The molecule has 2 fully saturated rings. The maximum Gasteiger partial charge on any atom is 0.180 e. The first kappa shape index (κ1) is 11.4. The molecule has 0 N–H and O–H groups in total. The molecule has 0 bridgehead atoms. The molecule has 2 aliphatic heterocycles. The highest BCUT2D eigenvalue weighted by Gasteiger charge is 2.47. The lowest BCUT2D eigenvalue weighted by atomic mass is 9.91. The van der Waals surface area contributed by atoms with Crippen LogP contribution in [0.4, 0.5) is 4.39 Å². The fourth-order valence-electron chi connectivity index (χ4n) is 1.82. The Morgan fingerprint density at radius 3 is 2.28 bits per heavy atom. The minimum Gasteiger partial charge on any atom is -0.365 e. The van der Waals surface area contributed by atoms with Crippen molar-refractivity contribution in [2.75, 3.05) is 13.2 Å². The summed E-state index contributed by atoms with van der Waals surface area (Å²) in [5, 5.41) is 0. The number of ether oxygens (including phenoxy) is 2. The predicted molar refractivity (Wildman–Crippen MR) is 56.4 cm³/mol. The van der Waals surface area contributed by atoms with Crippen LogP contribution in [0.3, 0.4) is 0 Å². The monoisotopic (exact) mass is 251 g/mol. The minimum absolute atomic E-state index is 0.140. The lowest BCUT2D eigenvalue weighted by Crippen LogP contribution is -2.30. The summed E-state index contributed by atoms with van der Waals surface area (Å²) in [7, 11) is 0. The van der Waals surface area contributed by atoms with E-state index in [9.17, 15) is 14.0 Å². The van der Waals surface area contributed by atoms with Crippen LogP contribution in [0.15, 0.2) is 18.3 Å². The average Bonchev–Trinajstić information content (AvgIpc) is 3.23. The summed E-state index contributed by atoms with van der Waals surface area (Å²) >= 11 is 0. The van der Waals surface area contributed by atoms with Crippen LogP contribution in [0, 0.1) is 5.82 Å². The summed E-state index contributed by atoms with van der Waals surface area (Å²) in [6.07, 6.45) is 0.131. The van der Waals surface area contributed by atoms with E-state index in [1.54, 1.807) is 0 Å². The number of epoxide rings is 2. The summed E-state index contributed by atoms with van der Waals surface area (Å²) in [5.41, 5.74) is -0.140. The number of hydrogen-bond donors (Lipinski definition) is 0. The van der Waals surface area contributed by atoms with Gasteiger partial charge in [0.25, 0.3) is 0 Å². The lowest BCUT2D eigenvalue weighted by Gasteiger charge is -2.12. The number of pyridine rings is 1. The van der Waals surface area contributed by atoms with E-state index in [1.165, 1.54) is 18.3 Å². The Labute approximate surface area is 102 Å². The zero-order chi connectivity index (χ0) is 12.7. The van der Waals surface area contributed by atoms with Gasteiger partial charge in [0, 0.05) is 6.20 Å². The number of rotatable bonds is 5. The van der Waals surface area contributed by atoms with Gasteiger partial charge in [-0.25, -0.2) is 4.39 Å². The van der Waals surface area contributed by atoms with Crippen LogP contribution in [0.5, 0.6) is 0 Å². The molecule has 0 aromatic carbocycles. The van der Waals surface area contributed by atoms with Crippen molar-refractivity contribution in [2.24, 2.45) is 0 Å². The molecule has 1 aromatic heterocycles. The van der Waals surface area contributed by atoms with Crippen molar-refractivity contribution in [1.82, 2.24) is 4.98 Å². The first-order valence-electron chi connectivity index (χ1n) is 5.59. The third-order valence-electron chi connectivity index (χ3n) is 2.93. The Hall–Kier alpha value is -1.66. The highest BCUT2D eigenvalue weighted by atomic mass is 19.1. The van der Waals surface area contributed by atoms with Gasteiger partial charge in [0.05, 0.1) is 18.9 Å². The molecule has 94 valence electrons. The molecule has 0 spiro atoms. The number of halogens is 1. The van der Waals surface area contributed by atoms with E-state index in [2.05, 4.69) is 4.98 Å². The smallest absolute Gasteiger partial charge is 0.180 e. The summed E-state index contributed by atoms with van der Waals surface area (Å²) in [4.78, 5) is 27.9. The Bertz CT molecular complexity index is 487. The van der Waals surface area contributed by atoms with Crippen molar-refractivity contribution < 1.29 is 23.5 Å². The van der Waals surface area contributed by atoms with Crippen LogP contribution < -0.4 is 0 Å². The Morgan fingerprint density at radius 2 is 1.83 bits per heavy atom. The molecule has 2 unspecified atom stereocenters. The summed E-state index contributed by atoms with van der Waals surface area (Å²) < 4.78 is 23.4. The molecule has 6 heteroatoms. The normalized spacial score (nSPS) is 26.5. The average molecular weight is 251 g/mol. The van der Waals surface area contributed by atoms with Gasteiger partial charge in [-0.1, -0.05) is 0 Å². The molecule has 5 nitrogen and oxygen atoms in total. The van der Waals surface area contributed by atoms with E-state index in [1.807, 2.05) is 0 Å². The van der Waals surface area contributed by atoms with Gasteiger partial charge in [-0.2, -0.15) is 0 Å². The molecule has 2 atom stereocenters. The SMILES string of the molecule is O=C(C1CO1)C(C(=O)C1CO1)c1ncccc1F. The van der Waals surface area contributed by atoms with Gasteiger partial charge in [0.1, 0.15) is 23.9 Å². The molecule has 2 aliphatic rings. The van der Waals surface area contributed by atoms with Gasteiger partial charge in [-0.3, -0.25) is 14.6 Å². The van der Waals surface area contributed by atoms with E-state index in [0.717, 1.165) is 0 Å². The lowest BCUT2D eigenvalue weighted by molar-refractivity contribution is -0.130. The van der Waals surface area contributed by atoms with Gasteiger partial charge in [-0.15, -0.1) is 0 Å². The highest BCUT2D eigenvalue weighted by molar-refractivity contribution is 6.11. The highest BCUT2D eigenvalue weighted by Crippen LogP contribution is 2.29. The van der Waals surface area contributed by atoms with Gasteiger partial charge >= 0.3 is 0 Å². The summed E-state index contributed by atoms with van der Waals surface area (Å²) in [5.74, 6) is -2.75. The Kier molecular flexibility index (Phi) is 2.68.